The SMILES string of the molecule is CN(C)c1ccc(C(=CC(C=C(c2ccc(N(C)C)cc2)c2ccc(N(C)C)cc2)OS(C)(=O)=O)c2ccc(N(C)C)cc2)cc1. The van der Waals surface area contributed by atoms with Gasteiger partial charge in [-0.25, -0.2) is 0 Å². The van der Waals surface area contributed by atoms with Crippen LogP contribution in [0.25, 0.3) is 11.1 Å². The van der Waals surface area contributed by atoms with Gasteiger partial charge in [-0.2, -0.15) is 8.42 Å². The monoisotopic (exact) mass is 638 g/mol. The summed E-state index contributed by atoms with van der Waals surface area (Å²) >= 11 is 0. The Morgan fingerprint density at radius 2 is 0.696 bits per heavy atom. The average molecular weight is 639 g/mol. The lowest BCUT2D eigenvalue weighted by Gasteiger charge is -2.19. The zero-order chi connectivity index (χ0) is 33.6. The van der Waals surface area contributed by atoms with Gasteiger partial charge in [-0.05, 0) is 94.1 Å². The first kappa shape index (κ1) is 34.3. The molecule has 4 aromatic rings. The molecule has 0 amide bonds. The molecule has 242 valence electrons. The lowest BCUT2D eigenvalue weighted by molar-refractivity contribution is 0.303. The van der Waals surface area contributed by atoms with E-state index in [9.17, 15) is 8.42 Å². The molecular formula is C38H46N4O3S. The lowest BCUT2D eigenvalue weighted by atomic mass is 9.93. The maximum Gasteiger partial charge on any atom is 0.265 e. The van der Waals surface area contributed by atoms with Crippen LogP contribution in [-0.2, 0) is 14.3 Å². The highest BCUT2D eigenvalue weighted by atomic mass is 32.2. The van der Waals surface area contributed by atoms with Crippen LogP contribution in [0.3, 0.4) is 0 Å². The van der Waals surface area contributed by atoms with Crippen LogP contribution in [0.4, 0.5) is 22.7 Å². The van der Waals surface area contributed by atoms with E-state index in [0.717, 1.165) is 62.4 Å². The van der Waals surface area contributed by atoms with E-state index in [1.165, 1.54) is 0 Å². The van der Waals surface area contributed by atoms with E-state index in [1.54, 1.807) is 0 Å². The topological polar surface area (TPSA) is 56.3 Å². The van der Waals surface area contributed by atoms with Crippen molar-refractivity contribution in [1.29, 1.82) is 0 Å². The molecule has 0 unspecified atom stereocenters. The Bertz CT molecular complexity index is 1530. The average Bonchev–Trinajstić information content (AvgIpc) is 3.02. The Balaban J connectivity index is 1.95. The Labute approximate surface area is 275 Å². The highest BCUT2D eigenvalue weighted by Crippen LogP contribution is 2.32. The molecule has 0 radical (unpaired) electrons. The van der Waals surface area contributed by atoms with Gasteiger partial charge in [-0.1, -0.05) is 48.5 Å². The van der Waals surface area contributed by atoms with Crippen molar-refractivity contribution in [3.05, 3.63) is 131 Å². The van der Waals surface area contributed by atoms with Crippen molar-refractivity contribution in [2.24, 2.45) is 0 Å². The number of rotatable bonds is 12. The van der Waals surface area contributed by atoms with E-state index in [-0.39, 0.29) is 0 Å². The molecule has 7 nitrogen and oxygen atoms in total. The van der Waals surface area contributed by atoms with Gasteiger partial charge in [0.1, 0.15) is 6.10 Å². The molecule has 0 bridgehead atoms. The molecule has 4 rings (SSSR count). The minimum absolute atomic E-state index is 0.866. The third-order valence-corrected chi connectivity index (χ3v) is 8.30. The minimum atomic E-state index is -3.83. The minimum Gasteiger partial charge on any atom is -0.378 e. The maximum atomic E-state index is 12.7. The van der Waals surface area contributed by atoms with Crippen molar-refractivity contribution >= 4 is 44.0 Å². The third kappa shape index (κ3) is 9.02. The van der Waals surface area contributed by atoms with Crippen LogP contribution in [0.2, 0.25) is 0 Å². The fraction of sp³-hybridized carbons (Fsp3) is 0.263. The zero-order valence-electron chi connectivity index (χ0n) is 28.4. The van der Waals surface area contributed by atoms with Crippen molar-refractivity contribution in [3.63, 3.8) is 0 Å². The van der Waals surface area contributed by atoms with Gasteiger partial charge in [0.2, 0.25) is 0 Å². The normalized spacial score (nSPS) is 11.2. The number of nitrogens with zero attached hydrogens (tertiary/aromatic N) is 4. The summed E-state index contributed by atoms with van der Waals surface area (Å²) in [4.78, 5) is 8.19. The summed E-state index contributed by atoms with van der Waals surface area (Å²) < 4.78 is 31.3. The van der Waals surface area contributed by atoms with Crippen LogP contribution in [0, 0.1) is 0 Å². The summed E-state index contributed by atoms with van der Waals surface area (Å²) in [5.74, 6) is 0. The molecular weight excluding hydrogens is 593 g/mol. The largest absolute Gasteiger partial charge is 0.378 e. The third-order valence-electron chi connectivity index (χ3n) is 7.73. The Kier molecular flexibility index (Phi) is 11.0. The van der Waals surface area contributed by atoms with Gasteiger partial charge in [0.15, 0.2) is 0 Å². The molecule has 0 saturated heterocycles. The molecule has 4 aromatic carbocycles. The molecule has 0 atom stereocenters. The first-order valence-electron chi connectivity index (χ1n) is 15.1. The number of hydrogen-bond donors (Lipinski definition) is 0. The van der Waals surface area contributed by atoms with Crippen LogP contribution >= 0.6 is 0 Å². The van der Waals surface area contributed by atoms with Gasteiger partial charge in [0.25, 0.3) is 10.1 Å². The highest BCUT2D eigenvalue weighted by molar-refractivity contribution is 7.86. The van der Waals surface area contributed by atoms with Crippen molar-refractivity contribution in [3.8, 4) is 0 Å². The fourth-order valence-electron chi connectivity index (χ4n) is 5.11. The van der Waals surface area contributed by atoms with Gasteiger partial charge >= 0.3 is 0 Å². The molecule has 0 aliphatic carbocycles. The maximum absolute atomic E-state index is 12.7. The summed E-state index contributed by atoms with van der Waals surface area (Å²) in [5, 5.41) is 0. The summed E-state index contributed by atoms with van der Waals surface area (Å²) in [6.45, 7) is 0. The predicted octanol–water partition coefficient (Wildman–Crippen LogP) is 6.86. The summed E-state index contributed by atoms with van der Waals surface area (Å²) in [5.41, 5.74) is 9.81. The quantitative estimate of drug-likeness (QED) is 0.157. The molecule has 0 N–H and O–H groups in total. The van der Waals surface area contributed by atoms with Crippen molar-refractivity contribution in [2.45, 2.75) is 6.10 Å². The fourth-order valence-corrected chi connectivity index (χ4v) is 5.62. The molecule has 46 heavy (non-hydrogen) atoms. The summed E-state index contributed by atoms with van der Waals surface area (Å²) in [6.07, 6.45) is 4.00. The lowest BCUT2D eigenvalue weighted by Crippen LogP contribution is -2.15. The van der Waals surface area contributed by atoms with E-state index >= 15 is 0 Å². The van der Waals surface area contributed by atoms with Crippen LogP contribution in [-0.4, -0.2) is 77.2 Å². The van der Waals surface area contributed by atoms with Gasteiger partial charge in [-0.3, -0.25) is 4.18 Å². The Morgan fingerprint density at radius 3 is 0.870 bits per heavy atom. The molecule has 0 heterocycles. The summed E-state index contributed by atoms with van der Waals surface area (Å²) in [7, 11) is 12.2. The van der Waals surface area contributed by atoms with Crippen LogP contribution in [0.5, 0.6) is 0 Å². The Hall–Kier alpha value is -4.53. The molecule has 0 aromatic heterocycles. The molecule has 0 spiro atoms. The van der Waals surface area contributed by atoms with Gasteiger partial charge in [0, 0.05) is 79.1 Å². The van der Waals surface area contributed by atoms with Crippen molar-refractivity contribution < 1.29 is 12.6 Å². The van der Waals surface area contributed by atoms with E-state index in [1.807, 2.05) is 88.1 Å². The van der Waals surface area contributed by atoms with Gasteiger partial charge in [0.05, 0.1) is 6.26 Å². The number of benzene rings is 4. The zero-order valence-corrected chi connectivity index (χ0v) is 29.2. The molecule has 0 aliphatic rings. The smallest absolute Gasteiger partial charge is 0.265 e. The van der Waals surface area contributed by atoms with E-state index < -0.39 is 16.2 Å². The molecule has 0 aliphatic heterocycles. The number of anilines is 4. The summed E-state index contributed by atoms with van der Waals surface area (Å²) in [6, 6.07) is 32.9. The van der Waals surface area contributed by atoms with Crippen LogP contribution in [0.15, 0.2) is 109 Å². The first-order valence-corrected chi connectivity index (χ1v) is 17.0. The van der Waals surface area contributed by atoms with Crippen LogP contribution < -0.4 is 19.6 Å². The first-order chi connectivity index (χ1) is 21.7. The number of hydrogen-bond acceptors (Lipinski definition) is 7. The van der Waals surface area contributed by atoms with Crippen molar-refractivity contribution in [1.82, 2.24) is 0 Å². The second-order valence-electron chi connectivity index (χ2n) is 12.2. The van der Waals surface area contributed by atoms with E-state index in [2.05, 4.69) is 97.1 Å². The van der Waals surface area contributed by atoms with Crippen molar-refractivity contribution in [2.75, 3.05) is 82.2 Å². The van der Waals surface area contributed by atoms with Gasteiger partial charge < -0.3 is 19.6 Å². The standard InChI is InChI=1S/C38H46N4O3S/c1-39(2)32-18-10-28(11-19-32)37(29-12-20-33(21-13-29)40(3)4)26-36(45-46(9,43)44)27-38(30-14-22-34(23-15-30)41(5)6)31-16-24-35(25-17-31)42(7)8/h10-27,36H,1-9H3. The second-order valence-corrected chi connectivity index (χ2v) is 13.8. The van der Waals surface area contributed by atoms with Gasteiger partial charge in [-0.15, -0.1) is 0 Å². The Morgan fingerprint density at radius 1 is 0.478 bits per heavy atom. The van der Waals surface area contributed by atoms with E-state index in [4.69, 9.17) is 4.18 Å². The predicted molar refractivity (Wildman–Crippen MR) is 197 cm³/mol. The highest BCUT2D eigenvalue weighted by Gasteiger charge is 2.18. The second kappa shape index (κ2) is 14.7. The molecule has 8 heteroatoms. The van der Waals surface area contributed by atoms with Crippen LogP contribution in [0.1, 0.15) is 22.3 Å². The van der Waals surface area contributed by atoms with E-state index in [0.29, 0.717) is 0 Å². The molecule has 0 saturated carbocycles. The molecule has 0 fully saturated rings.